The van der Waals surface area contributed by atoms with Gasteiger partial charge in [-0.2, -0.15) is 17.5 Å². The summed E-state index contributed by atoms with van der Waals surface area (Å²) in [4.78, 5) is -0.724. The summed E-state index contributed by atoms with van der Waals surface area (Å²) in [5, 5.41) is 0. The number of hydrogen-bond donors (Lipinski definition) is 1. The molecule has 0 aromatic heterocycles. The van der Waals surface area contributed by atoms with Crippen molar-refractivity contribution in [2.45, 2.75) is 30.0 Å². The number of sulfonamides is 1. The van der Waals surface area contributed by atoms with Crippen LogP contribution in [0.25, 0.3) is 0 Å². The first-order chi connectivity index (χ1) is 9.67. The minimum absolute atomic E-state index is 0.0944. The molecule has 1 aromatic carbocycles. The molecule has 0 aliphatic carbocycles. The van der Waals surface area contributed by atoms with Crippen molar-refractivity contribution >= 4 is 26.0 Å². The molecule has 1 saturated heterocycles. The fourth-order valence-electron chi connectivity index (χ4n) is 2.44. The Hall–Kier alpha value is -0.640. The third-order valence-corrected chi connectivity index (χ3v) is 5.93. The Balaban J connectivity index is 2.55. The second kappa shape index (κ2) is 5.86. The Labute approximate surface area is 129 Å². The number of halogens is 4. The largest absolute Gasteiger partial charge is 0.417 e. The van der Waals surface area contributed by atoms with E-state index in [2.05, 4.69) is 15.9 Å². The molecule has 1 atom stereocenters. The Morgan fingerprint density at radius 2 is 2.05 bits per heavy atom. The maximum absolute atomic E-state index is 13.1. The SMILES string of the molecule is NC[C@@H]1CCCN1S(=O)(=O)c1ccc(Br)cc1C(F)(F)F. The molecule has 1 heterocycles. The van der Waals surface area contributed by atoms with Crippen LogP contribution in [-0.2, 0) is 16.2 Å². The van der Waals surface area contributed by atoms with E-state index in [4.69, 9.17) is 5.73 Å². The molecule has 1 aliphatic heterocycles. The van der Waals surface area contributed by atoms with Gasteiger partial charge in [-0.3, -0.25) is 0 Å². The lowest BCUT2D eigenvalue weighted by Gasteiger charge is -2.24. The highest BCUT2D eigenvalue weighted by Gasteiger charge is 2.41. The van der Waals surface area contributed by atoms with Crippen LogP contribution in [0.5, 0.6) is 0 Å². The Kier molecular flexibility index (Phi) is 4.67. The molecule has 2 rings (SSSR count). The predicted molar refractivity (Wildman–Crippen MR) is 75.1 cm³/mol. The van der Waals surface area contributed by atoms with Gasteiger partial charge in [-0.15, -0.1) is 0 Å². The van der Waals surface area contributed by atoms with Gasteiger partial charge in [0.1, 0.15) is 0 Å². The normalized spacial score (nSPS) is 20.9. The Bertz CT molecular complexity index is 634. The highest BCUT2D eigenvalue weighted by Crippen LogP contribution is 2.38. The van der Waals surface area contributed by atoms with Crippen LogP contribution in [0.2, 0.25) is 0 Å². The molecule has 0 radical (unpaired) electrons. The predicted octanol–water partition coefficient (Wildman–Crippen LogP) is 2.58. The van der Waals surface area contributed by atoms with E-state index < -0.39 is 32.7 Å². The van der Waals surface area contributed by atoms with E-state index in [9.17, 15) is 21.6 Å². The zero-order chi connectivity index (χ0) is 15.8. The zero-order valence-electron chi connectivity index (χ0n) is 10.9. The number of nitrogens with zero attached hydrogens (tertiary/aromatic N) is 1. The molecule has 118 valence electrons. The number of hydrogen-bond acceptors (Lipinski definition) is 3. The first kappa shape index (κ1) is 16.7. The van der Waals surface area contributed by atoms with Crippen LogP contribution in [0.1, 0.15) is 18.4 Å². The van der Waals surface area contributed by atoms with Gasteiger partial charge in [-0.25, -0.2) is 8.42 Å². The molecule has 21 heavy (non-hydrogen) atoms. The van der Waals surface area contributed by atoms with E-state index in [0.717, 1.165) is 16.4 Å². The second-order valence-electron chi connectivity index (χ2n) is 4.79. The van der Waals surface area contributed by atoms with E-state index in [1.54, 1.807) is 0 Å². The van der Waals surface area contributed by atoms with Gasteiger partial charge in [-0.1, -0.05) is 15.9 Å². The van der Waals surface area contributed by atoms with Gasteiger partial charge in [0.25, 0.3) is 0 Å². The summed E-state index contributed by atoms with van der Waals surface area (Å²) < 4.78 is 65.6. The first-order valence-electron chi connectivity index (χ1n) is 6.26. The van der Waals surface area contributed by atoms with Crippen LogP contribution in [0.15, 0.2) is 27.6 Å². The molecule has 1 fully saturated rings. The third kappa shape index (κ3) is 3.25. The van der Waals surface area contributed by atoms with Crippen molar-refractivity contribution in [3.8, 4) is 0 Å². The summed E-state index contributed by atoms with van der Waals surface area (Å²) in [6, 6.07) is 2.60. The highest BCUT2D eigenvalue weighted by atomic mass is 79.9. The molecule has 0 bridgehead atoms. The van der Waals surface area contributed by atoms with Crippen molar-refractivity contribution in [2.75, 3.05) is 13.1 Å². The van der Waals surface area contributed by atoms with Crippen molar-refractivity contribution in [1.82, 2.24) is 4.31 Å². The van der Waals surface area contributed by atoms with Crippen LogP contribution in [0, 0.1) is 0 Å². The van der Waals surface area contributed by atoms with Crippen molar-refractivity contribution in [1.29, 1.82) is 0 Å². The summed E-state index contributed by atoms with van der Waals surface area (Å²) in [6.07, 6.45) is -3.59. The van der Waals surface area contributed by atoms with Gasteiger partial charge < -0.3 is 5.73 Å². The van der Waals surface area contributed by atoms with Gasteiger partial charge in [0.2, 0.25) is 10.0 Å². The minimum atomic E-state index is -4.75. The first-order valence-corrected chi connectivity index (χ1v) is 8.50. The molecule has 0 saturated carbocycles. The topological polar surface area (TPSA) is 63.4 Å². The van der Waals surface area contributed by atoms with Crippen molar-refractivity contribution < 1.29 is 21.6 Å². The summed E-state index contributed by atoms with van der Waals surface area (Å²) >= 11 is 2.94. The molecule has 2 N–H and O–H groups in total. The van der Waals surface area contributed by atoms with E-state index in [1.807, 2.05) is 0 Å². The van der Waals surface area contributed by atoms with E-state index in [1.165, 1.54) is 6.07 Å². The summed E-state index contributed by atoms with van der Waals surface area (Å²) in [5.74, 6) is 0. The third-order valence-electron chi connectivity index (χ3n) is 3.43. The summed E-state index contributed by atoms with van der Waals surface area (Å²) in [6.45, 7) is 0.286. The van der Waals surface area contributed by atoms with E-state index >= 15 is 0 Å². The quantitative estimate of drug-likeness (QED) is 0.867. The van der Waals surface area contributed by atoms with Gasteiger partial charge in [0, 0.05) is 23.6 Å². The minimum Gasteiger partial charge on any atom is -0.329 e. The molecule has 4 nitrogen and oxygen atoms in total. The molecule has 0 amide bonds. The van der Waals surface area contributed by atoms with Gasteiger partial charge in [-0.05, 0) is 31.0 Å². The fraction of sp³-hybridized carbons (Fsp3) is 0.500. The Morgan fingerprint density at radius 3 is 2.62 bits per heavy atom. The van der Waals surface area contributed by atoms with Crippen molar-refractivity contribution in [2.24, 2.45) is 5.73 Å². The number of rotatable bonds is 3. The molecular weight excluding hydrogens is 373 g/mol. The maximum Gasteiger partial charge on any atom is 0.417 e. The van der Waals surface area contributed by atoms with Crippen LogP contribution in [0.4, 0.5) is 13.2 Å². The molecule has 1 aliphatic rings. The van der Waals surface area contributed by atoms with Crippen LogP contribution < -0.4 is 5.73 Å². The monoisotopic (exact) mass is 386 g/mol. The van der Waals surface area contributed by atoms with Gasteiger partial charge in [0.05, 0.1) is 10.5 Å². The average Bonchev–Trinajstić information content (AvgIpc) is 2.86. The molecule has 1 aromatic rings. The van der Waals surface area contributed by atoms with Crippen LogP contribution in [-0.4, -0.2) is 31.9 Å². The Morgan fingerprint density at radius 1 is 1.38 bits per heavy atom. The fourth-order valence-corrected chi connectivity index (χ4v) is 4.70. The number of alkyl halides is 3. The lowest BCUT2D eigenvalue weighted by atomic mass is 10.2. The maximum atomic E-state index is 13.1. The standard InChI is InChI=1S/C12H14BrF3N2O2S/c13-8-3-4-11(10(6-8)12(14,15)16)21(19,20)18-5-1-2-9(18)7-17/h3-4,6,9H,1-2,5,7,17H2/t9-/m0/s1. The van der Waals surface area contributed by atoms with Gasteiger partial charge in [0.15, 0.2) is 0 Å². The van der Waals surface area contributed by atoms with Crippen LogP contribution >= 0.6 is 15.9 Å². The average molecular weight is 387 g/mol. The summed E-state index contributed by atoms with van der Waals surface area (Å²) in [5.41, 5.74) is 4.34. The molecule has 9 heteroatoms. The number of nitrogens with two attached hydrogens (primary N) is 1. The molecule has 0 spiro atoms. The molecule has 0 unspecified atom stereocenters. The second-order valence-corrected chi connectivity index (χ2v) is 7.56. The lowest BCUT2D eigenvalue weighted by Crippen LogP contribution is -2.40. The van der Waals surface area contributed by atoms with E-state index in [-0.39, 0.29) is 17.6 Å². The molecular formula is C12H14BrF3N2O2S. The number of benzene rings is 1. The smallest absolute Gasteiger partial charge is 0.329 e. The van der Waals surface area contributed by atoms with Gasteiger partial charge >= 0.3 is 6.18 Å². The highest BCUT2D eigenvalue weighted by molar-refractivity contribution is 9.10. The van der Waals surface area contributed by atoms with Crippen LogP contribution in [0.3, 0.4) is 0 Å². The zero-order valence-corrected chi connectivity index (χ0v) is 13.3. The van der Waals surface area contributed by atoms with Crippen molar-refractivity contribution in [3.63, 3.8) is 0 Å². The lowest BCUT2D eigenvalue weighted by molar-refractivity contribution is -0.140. The summed E-state index contributed by atoms with van der Waals surface area (Å²) in [7, 11) is -4.22. The van der Waals surface area contributed by atoms with E-state index in [0.29, 0.717) is 12.8 Å². The van der Waals surface area contributed by atoms with Crippen molar-refractivity contribution in [3.05, 3.63) is 28.2 Å².